The Bertz CT molecular complexity index is 361. The van der Waals surface area contributed by atoms with Gasteiger partial charge in [-0.15, -0.1) is 8.58 Å². The van der Waals surface area contributed by atoms with Crippen molar-refractivity contribution in [3.63, 3.8) is 0 Å². The molecule has 26 heavy (non-hydrogen) atoms. The molecule has 0 aromatic carbocycles. The summed E-state index contributed by atoms with van der Waals surface area (Å²) < 4.78 is 17.3. The Morgan fingerprint density at radius 1 is 0.885 bits per heavy atom. The molecule has 0 spiro atoms. The molecule has 3 atom stereocenters. The molecule has 0 saturated carbocycles. The molecule has 0 aliphatic heterocycles. The van der Waals surface area contributed by atoms with E-state index in [0.29, 0.717) is 11.3 Å². The molecule has 4 heteroatoms. The third kappa shape index (κ3) is 11.9. The summed E-state index contributed by atoms with van der Waals surface area (Å²) in [4.78, 5) is 0. The molecule has 0 rings (SSSR count). The first kappa shape index (κ1) is 26.3. The third-order valence-corrected chi connectivity index (χ3v) is 7.71. The minimum atomic E-state index is -0.119. The number of hydrogen-bond acceptors (Lipinski definition) is 3. The van der Waals surface area contributed by atoms with Gasteiger partial charge in [0, 0.05) is 26.2 Å². The van der Waals surface area contributed by atoms with E-state index in [-0.39, 0.29) is 11.2 Å². The van der Waals surface area contributed by atoms with Crippen molar-refractivity contribution >= 4 is 8.58 Å². The van der Waals surface area contributed by atoms with E-state index in [2.05, 4.69) is 62.3 Å². The zero-order chi connectivity index (χ0) is 20.4. The van der Waals surface area contributed by atoms with Gasteiger partial charge in [0.25, 0.3) is 0 Å². The molecular weight excluding hydrogens is 343 g/mol. The van der Waals surface area contributed by atoms with Gasteiger partial charge in [0.15, 0.2) is 0 Å². The summed E-state index contributed by atoms with van der Waals surface area (Å²) in [5.41, 5.74) is 1.00. The molecule has 0 aliphatic rings. The van der Waals surface area contributed by atoms with Crippen LogP contribution in [0.25, 0.3) is 0 Å². The highest BCUT2D eigenvalue weighted by molar-refractivity contribution is 7.38. The Kier molecular flexibility index (Phi) is 12.1. The SMILES string of the molecule is COC(C)(C)C(C)COCCCC(C)(C)C(C)PCCCOC(C)(C)C. The molecule has 3 nitrogen and oxygen atoms in total. The van der Waals surface area contributed by atoms with Crippen molar-refractivity contribution in [3.8, 4) is 0 Å². The second kappa shape index (κ2) is 12.0. The molecule has 0 amide bonds. The van der Waals surface area contributed by atoms with E-state index in [1.165, 1.54) is 19.0 Å². The fourth-order valence-corrected chi connectivity index (χ4v) is 4.03. The summed E-state index contributed by atoms with van der Waals surface area (Å²) in [7, 11) is 2.79. The zero-order valence-electron chi connectivity index (χ0n) is 19.3. The van der Waals surface area contributed by atoms with Crippen LogP contribution in [0.3, 0.4) is 0 Å². The average molecular weight is 391 g/mol. The fourth-order valence-electron chi connectivity index (χ4n) is 2.55. The van der Waals surface area contributed by atoms with Gasteiger partial charge in [-0.05, 0) is 71.1 Å². The van der Waals surface area contributed by atoms with Gasteiger partial charge in [0.1, 0.15) is 0 Å². The first-order chi connectivity index (χ1) is 11.8. The first-order valence-corrected chi connectivity index (χ1v) is 11.6. The van der Waals surface area contributed by atoms with E-state index in [4.69, 9.17) is 14.2 Å². The smallest absolute Gasteiger partial charge is 0.0670 e. The maximum atomic E-state index is 5.91. The molecule has 0 saturated heterocycles. The first-order valence-electron chi connectivity index (χ1n) is 10.3. The van der Waals surface area contributed by atoms with Crippen molar-refractivity contribution in [2.75, 3.05) is 33.1 Å². The van der Waals surface area contributed by atoms with Gasteiger partial charge in [-0.1, -0.05) is 27.7 Å². The van der Waals surface area contributed by atoms with E-state index in [1.54, 1.807) is 7.11 Å². The van der Waals surface area contributed by atoms with Crippen LogP contribution in [-0.4, -0.2) is 50.0 Å². The van der Waals surface area contributed by atoms with Gasteiger partial charge in [-0.25, -0.2) is 0 Å². The molecule has 0 radical (unpaired) electrons. The Morgan fingerprint density at radius 2 is 1.50 bits per heavy atom. The lowest BCUT2D eigenvalue weighted by atomic mass is 9.85. The molecule has 0 bridgehead atoms. The maximum Gasteiger partial charge on any atom is 0.0670 e. The second-order valence-electron chi connectivity index (χ2n) is 9.87. The lowest BCUT2D eigenvalue weighted by Crippen LogP contribution is -2.34. The quantitative estimate of drug-likeness (QED) is 0.263. The highest BCUT2D eigenvalue weighted by Crippen LogP contribution is 2.38. The number of methoxy groups -OCH3 is 1. The van der Waals surface area contributed by atoms with Crippen molar-refractivity contribution in [2.45, 2.75) is 98.4 Å². The summed E-state index contributed by atoms with van der Waals surface area (Å²) in [6, 6.07) is 0. The van der Waals surface area contributed by atoms with E-state index in [1.807, 2.05) is 0 Å². The monoisotopic (exact) mass is 390 g/mol. The van der Waals surface area contributed by atoms with Crippen molar-refractivity contribution in [2.24, 2.45) is 11.3 Å². The average Bonchev–Trinajstić information content (AvgIpc) is 2.52. The van der Waals surface area contributed by atoms with Crippen LogP contribution >= 0.6 is 8.58 Å². The lowest BCUT2D eigenvalue weighted by Gasteiger charge is -2.33. The molecule has 158 valence electrons. The van der Waals surface area contributed by atoms with Crippen LogP contribution in [0.5, 0.6) is 0 Å². The summed E-state index contributed by atoms with van der Waals surface area (Å²) in [6.45, 7) is 22.6. The van der Waals surface area contributed by atoms with E-state index in [9.17, 15) is 0 Å². The maximum absolute atomic E-state index is 5.91. The summed E-state index contributed by atoms with van der Waals surface area (Å²) in [5.74, 6) is 0.399. The number of ether oxygens (including phenoxy) is 3. The minimum Gasteiger partial charge on any atom is -0.381 e. The Labute approximate surface area is 166 Å². The van der Waals surface area contributed by atoms with Crippen LogP contribution in [0.15, 0.2) is 0 Å². The normalized spacial score (nSPS) is 16.4. The highest BCUT2D eigenvalue weighted by Gasteiger charge is 2.26. The Hall–Kier alpha value is 0.310. The predicted octanol–water partition coefficient (Wildman–Crippen LogP) is 6.14. The van der Waals surface area contributed by atoms with Crippen molar-refractivity contribution in [3.05, 3.63) is 0 Å². The topological polar surface area (TPSA) is 27.7 Å². The summed E-state index contributed by atoms with van der Waals surface area (Å²) in [6.07, 6.45) is 4.81. The highest BCUT2D eigenvalue weighted by atomic mass is 31.1. The van der Waals surface area contributed by atoms with Crippen LogP contribution in [0.4, 0.5) is 0 Å². The Balaban J connectivity index is 3.92. The minimum absolute atomic E-state index is 0.00996. The van der Waals surface area contributed by atoms with Crippen LogP contribution < -0.4 is 0 Å². The van der Waals surface area contributed by atoms with Crippen LogP contribution in [0, 0.1) is 11.3 Å². The summed E-state index contributed by atoms with van der Waals surface area (Å²) >= 11 is 0. The standard InChI is InChI=1S/C22H47O3P/c1-18(22(8,9)23-10)17-24-14-11-13-21(6,7)19(2)26-16-12-15-25-20(3,4)5/h18-19,26H,11-17H2,1-10H3. The molecular formula is C22H47O3P. The number of rotatable bonds is 14. The van der Waals surface area contributed by atoms with Crippen LogP contribution in [-0.2, 0) is 14.2 Å². The Morgan fingerprint density at radius 3 is 2.04 bits per heavy atom. The van der Waals surface area contributed by atoms with Crippen LogP contribution in [0.2, 0.25) is 0 Å². The van der Waals surface area contributed by atoms with Gasteiger partial charge in [0.05, 0.1) is 17.8 Å². The van der Waals surface area contributed by atoms with Crippen molar-refractivity contribution in [1.82, 2.24) is 0 Å². The van der Waals surface area contributed by atoms with E-state index in [0.717, 1.165) is 40.5 Å². The second-order valence-corrected chi connectivity index (χ2v) is 11.6. The largest absolute Gasteiger partial charge is 0.381 e. The molecule has 0 N–H and O–H groups in total. The van der Waals surface area contributed by atoms with Gasteiger partial charge in [-0.3, -0.25) is 0 Å². The van der Waals surface area contributed by atoms with Crippen molar-refractivity contribution < 1.29 is 14.2 Å². The van der Waals surface area contributed by atoms with E-state index >= 15 is 0 Å². The molecule has 0 heterocycles. The van der Waals surface area contributed by atoms with Gasteiger partial charge >= 0.3 is 0 Å². The molecule has 0 aromatic heterocycles. The third-order valence-electron chi connectivity index (χ3n) is 5.67. The van der Waals surface area contributed by atoms with Gasteiger partial charge in [-0.2, -0.15) is 0 Å². The van der Waals surface area contributed by atoms with Gasteiger partial charge in [0.2, 0.25) is 0 Å². The zero-order valence-corrected chi connectivity index (χ0v) is 20.3. The van der Waals surface area contributed by atoms with E-state index < -0.39 is 0 Å². The van der Waals surface area contributed by atoms with Crippen LogP contribution in [0.1, 0.15) is 81.6 Å². The fraction of sp³-hybridized carbons (Fsp3) is 1.00. The molecule has 0 fully saturated rings. The molecule has 0 aliphatic carbocycles. The molecule has 3 unspecified atom stereocenters. The predicted molar refractivity (Wildman–Crippen MR) is 117 cm³/mol. The lowest BCUT2D eigenvalue weighted by molar-refractivity contribution is -0.0531. The number of hydrogen-bond donors (Lipinski definition) is 0. The molecule has 0 aromatic rings. The summed E-state index contributed by atoms with van der Waals surface area (Å²) in [5, 5.41) is 0. The van der Waals surface area contributed by atoms with Gasteiger partial charge < -0.3 is 14.2 Å². The van der Waals surface area contributed by atoms with Crippen molar-refractivity contribution in [1.29, 1.82) is 0 Å².